The van der Waals surface area contributed by atoms with Crippen LogP contribution in [-0.4, -0.2) is 20.6 Å². The molecular weight excluding hydrogens is 219 g/mol. The Balaban J connectivity index is 2.25. The third kappa shape index (κ3) is 2.54. The van der Waals surface area contributed by atoms with Crippen LogP contribution in [0.3, 0.4) is 0 Å². The standard InChI is InChI=1S/C12H17FN4/c1-8(12(2,3)4)14-11-15-10-6-5-9(13)7-17(10)16-11/h5-8H,1-4H3,(H,14,16). The summed E-state index contributed by atoms with van der Waals surface area (Å²) in [6.07, 6.45) is 1.31. The van der Waals surface area contributed by atoms with E-state index in [4.69, 9.17) is 0 Å². The molecule has 2 rings (SSSR count). The minimum atomic E-state index is -0.321. The van der Waals surface area contributed by atoms with Gasteiger partial charge in [0.2, 0.25) is 5.95 Å². The normalized spacial score (nSPS) is 13.9. The van der Waals surface area contributed by atoms with Gasteiger partial charge in [0.1, 0.15) is 5.82 Å². The molecule has 5 heteroatoms. The molecule has 1 atom stereocenters. The number of hydrogen-bond donors (Lipinski definition) is 1. The van der Waals surface area contributed by atoms with E-state index in [1.54, 1.807) is 6.07 Å². The van der Waals surface area contributed by atoms with E-state index in [-0.39, 0.29) is 17.3 Å². The van der Waals surface area contributed by atoms with Crippen LogP contribution in [-0.2, 0) is 0 Å². The van der Waals surface area contributed by atoms with Crippen molar-refractivity contribution in [2.45, 2.75) is 33.7 Å². The number of aromatic nitrogens is 3. The Kier molecular flexibility index (Phi) is 2.77. The van der Waals surface area contributed by atoms with Gasteiger partial charge < -0.3 is 5.32 Å². The maximum Gasteiger partial charge on any atom is 0.243 e. The summed E-state index contributed by atoms with van der Waals surface area (Å²) in [5.41, 5.74) is 0.748. The zero-order valence-electron chi connectivity index (χ0n) is 10.5. The number of fused-ring (bicyclic) bond motifs is 1. The van der Waals surface area contributed by atoms with E-state index in [9.17, 15) is 4.39 Å². The minimum absolute atomic E-state index is 0.114. The van der Waals surface area contributed by atoms with Gasteiger partial charge in [-0.1, -0.05) is 20.8 Å². The van der Waals surface area contributed by atoms with E-state index < -0.39 is 0 Å². The summed E-state index contributed by atoms with van der Waals surface area (Å²) >= 11 is 0. The molecule has 17 heavy (non-hydrogen) atoms. The summed E-state index contributed by atoms with van der Waals surface area (Å²) in [5, 5.41) is 7.41. The van der Waals surface area contributed by atoms with E-state index in [0.29, 0.717) is 11.6 Å². The predicted molar refractivity (Wildman–Crippen MR) is 65.5 cm³/mol. The Morgan fingerprint density at radius 3 is 2.71 bits per heavy atom. The van der Waals surface area contributed by atoms with Crippen molar-refractivity contribution in [3.8, 4) is 0 Å². The molecule has 0 aromatic carbocycles. The molecule has 0 spiro atoms. The molecule has 1 unspecified atom stereocenters. The quantitative estimate of drug-likeness (QED) is 0.871. The van der Waals surface area contributed by atoms with Gasteiger partial charge in [0, 0.05) is 6.04 Å². The number of anilines is 1. The summed E-state index contributed by atoms with van der Waals surface area (Å²) in [7, 11) is 0. The number of nitrogens with zero attached hydrogens (tertiary/aromatic N) is 3. The van der Waals surface area contributed by atoms with E-state index in [2.05, 4.69) is 43.1 Å². The van der Waals surface area contributed by atoms with Gasteiger partial charge in [-0.05, 0) is 24.5 Å². The van der Waals surface area contributed by atoms with Crippen LogP contribution >= 0.6 is 0 Å². The first-order valence-corrected chi connectivity index (χ1v) is 5.65. The molecule has 2 aromatic heterocycles. The Morgan fingerprint density at radius 1 is 1.35 bits per heavy atom. The van der Waals surface area contributed by atoms with Crippen molar-refractivity contribution in [2.75, 3.05) is 5.32 Å². The van der Waals surface area contributed by atoms with Crippen molar-refractivity contribution in [3.63, 3.8) is 0 Å². The highest BCUT2D eigenvalue weighted by Gasteiger charge is 2.21. The average molecular weight is 236 g/mol. The smallest absolute Gasteiger partial charge is 0.243 e. The second kappa shape index (κ2) is 3.98. The lowest BCUT2D eigenvalue weighted by molar-refractivity contribution is 0.358. The van der Waals surface area contributed by atoms with Crippen LogP contribution in [0.15, 0.2) is 18.3 Å². The van der Waals surface area contributed by atoms with E-state index >= 15 is 0 Å². The summed E-state index contributed by atoms with van der Waals surface area (Å²) in [4.78, 5) is 4.28. The van der Waals surface area contributed by atoms with Crippen LogP contribution < -0.4 is 5.32 Å². The second-order valence-corrected chi connectivity index (χ2v) is 5.32. The molecule has 0 aliphatic heterocycles. The van der Waals surface area contributed by atoms with Crippen LogP contribution in [0, 0.1) is 11.2 Å². The molecule has 0 saturated heterocycles. The molecule has 0 radical (unpaired) electrons. The Labute approximate surface area is 99.9 Å². The Hall–Kier alpha value is -1.65. The van der Waals surface area contributed by atoms with Crippen LogP contribution in [0.2, 0.25) is 0 Å². The lowest BCUT2D eigenvalue weighted by Gasteiger charge is -2.27. The number of pyridine rings is 1. The topological polar surface area (TPSA) is 42.2 Å². The monoisotopic (exact) mass is 236 g/mol. The summed E-state index contributed by atoms with van der Waals surface area (Å²) < 4.78 is 14.4. The molecular formula is C12H17FN4. The van der Waals surface area contributed by atoms with Gasteiger partial charge in [-0.15, -0.1) is 5.10 Å². The second-order valence-electron chi connectivity index (χ2n) is 5.32. The van der Waals surface area contributed by atoms with Crippen molar-refractivity contribution < 1.29 is 4.39 Å². The summed E-state index contributed by atoms with van der Waals surface area (Å²) in [5.74, 6) is 0.204. The van der Waals surface area contributed by atoms with Crippen LogP contribution in [0.4, 0.5) is 10.3 Å². The van der Waals surface area contributed by atoms with Gasteiger partial charge >= 0.3 is 0 Å². The first-order chi connectivity index (χ1) is 7.86. The molecule has 1 N–H and O–H groups in total. The van der Waals surface area contributed by atoms with Crippen LogP contribution in [0.5, 0.6) is 0 Å². The van der Waals surface area contributed by atoms with Crippen molar-refractivity contribution >= 4 is 11.6 Å². The van der Waals surface area contributed by atoms with Gasteiger partial charge in [-0.25, -0.2) is 8.91 Å². The summed E-state index contributed by atoms with van der Waals surface area (Å²) in [6, 6.07) is 3.21. The molecule has 0 aliphatic rings. The Morgan fingerprint density at radius 2 is 2.06 bits per heavy atom. The lowest BCUT2D eigenvalue weighted by Crippen LogP contribution is -2.31. The van der Waals surface area contributed by atoms with Crippen molar-refractivity contribution in [1.82, 2.24) is 14.6 Å². The van der Waals surface area contributed by atoms with Gasteiger partial charge in [-0.2, -0.15) is 4.98 Å². The highest BCUT2D eigenvalue weighted by Crippen LogP contribution is 2.21. The molecule has 0 amide bonds. The van der Waals surface area contributed by atoms with E-state index in [1.165, 1.54) is 16.8 Å². The van der Waals surface area contributed by atoms with Crippen LogP contribution in [0.25, 0.3) is 5.65 Å². The Bertz CT molecular complexity index is 527. The van der Waals surface area contributed by atoms with Crippen molar-refractivity contribution in [3.05, 3.63) is 24.1 Å². The van der Waals surface area contributed by atoms with E-state index in [1.807, 2.05) is 0 Å². The zero-order chi connectivity index (χ0) is 12.6. The van der Waals surface area contributed by atoms with Crippen LogP contribution in [0.1, 0.15) is 27.7 Å². The van der Waals surface area contributed by atoms with Crippen molar-refractivity contribution in [1.29, 1.82) is 0 Å². The third-order valence-electron chi connectivity index (χ3n) is 2.94. The fraction of sp³-hybridized carbons (Fsp3) is 0.500. The number of nitrogens with one attached hydrogen (secondary N) is 1. The van der Waals surface area contributed by atoms with E-state index in [0.717, 1.165) is 0 Å². The first kappa shape index (κ1) is 11.8. The first-order valence-electron chi connectivity index (χ1n) is 5.65. The fourth-order valence-electron chi connectivity index (χ4n) is 1.33. The van der Waals surface area contributed by atoms with Gasteiger partial charge in [0.25, 0.3) is 0 Å². The number of rotatable bonds is 2. The molecule has 0 fully saturated rings. The highest BCUT2D eigenvalue weighted by atomic mass is 19.1. The fourth-order valence-corrected chi connectivity index (χ4v) is 1.33. The molecule has 0 saturated carbocycles. The highest BCUT2D eigenvalue weighted by molar-refractivity contribution is 5.43. The molecule has 2 aromatic rings. The summed E-state index contributed by atoms with van der Waals surface area (Å²) in [6.45, 7) is 8.49. The van der Waals surface area contributed by atoms with Crippen molar-refractivity contribution in [2.24, 2.45) is 5.41 Å². The lowest BCUT2D eigenvalue weighted by atomic mass is 9.88. The zero-order valence-corrected chi connectivity index (χ0v) is 10.5. The molecule has 2 heterocycles. The maximum atomic E-state index is 13.0. The molecule has 92 valence electrons. The van der Waals surface area contributed by atoms with Gasteiger partial charge in [-0.3, -0.25) is 0 Å². The average Bonchev–Trinajstić information content (AvgIpc) is 2.57. The van der Waals surface area contributed by atoms with Gasteiger partial charge in [0.15, 0.2) is 5.65 Å². The minimum Gasteiger partial charge on any atom is -0.350 e. The number of halogens is 1. The largest absolute Gasteiger partial charge is 0.350 e. The maximum absolute atomic E-state index is 13.0. The predicted octanol–water partition coefficient (Wildman–Crippen LogP) is 2.71. The molecule has 0 bridgehead atoms. The number of hydrogen-bond acceptors (Lipinski definition) is 3. The molecule has 4 nitrogen and oxygen atoms in total. The third-order valence-corrected chi connectivity index (χ3v) is 2.94. The SMILES string of the molecule is CC(Nc1nc2ccc(F)cn2n1)C(C)(C)C. The molecule has 0 aliphatic carbocycles. The van der Waals surface area contributed by atoms with Gasteiger partial charge in [0.05, 0.1) is 6.20 Å².